The molecule has 0 aliphatic carbocycles. The van der Waals surface area contributed by atoms with E-state index in [0.717, 1.165) is 16.9 Å². The largest absolute Gasteiger partial charge is 0.472 e. The van der Waals surface area contributed by atoms with Crippen LogP contribution in [0.25, 0.3) is 0 Å². The molecule has 142 valence electrons. The molecular weight excluding hydrogens is 352 g/mol. The quantitative estimate of drug-likeness (QED) is 0.661. The molecule has 0 spiro atoms. The zero-order chi connectivity index (χ0) is 19.7. The Kier molecular flexibility index (Phi) is 4.74. The molecule has 0 bridgehead atoms. The van der Waals surface area contributed by atoms with E-state index in [1.807, 2.05) is 66.4 Å². The van der Waals surface area contributed by atoms with Crippen LogP contribution in [0, 0.1) is 0 Å². The number of rotatable bonds is 3. The molecule has 5 nitrogen and oxygen atoms in total. The first-order valence-corrected chi connectivity index (χ1v) is 9.37. The Hall–Kier alpha value is -3.34. The van der Waals surface area contributed by atoms with Gasteiger partial charge in [-0.3, -0.25) is 9.59 Å². The van der Waals surface area contributed by atoms with Gasteiger partial charge in [0.15, 0.2) is 0 Å². The molecule has 2 atom stereocenters. The molecule has 3 aromatic rings. The zero-order valence-corrected chi connectivity index (χ0v) is 15.9. The molecule has 0 saturated heterocycles. The van der Waals surface area contributed by atoms with Crippen molar-refractivity contribution in [1.82, 2.24) is 0 Å². The molecule has 1 aliphatic rings. The molecule has 0 saturated carbocycles. The van der Waals surface area contributed by atoms with Gasteiger partial charge in [-0.05, 0) is 43.2 Å². The van der Waals surface area contributed by atoms with Crippen molar-refractivity contribution in [2.45, 2.75) is 32.4 Å². The van der Waals surface area contributed by atoms with E-state index in [9.17, 15) is 9.59 Å². The number of fused-ring (bicyclic) bond motifs is 1. The number of hydrogen-bond donors (Lipinski definition) is 0. The molecule has 2 heterocycles. The molecule has 4 rings (SSSR count). The van der Waals surface area contributed by atoms with Crippen LogP contribution in [0.1, 0.15) is 42.2 Å². The standard InChI is InChI=1S/C23H22N2O3/c1-16-14-22(25(17(2)26)19-8-4-3-5-9-19)20-10-6-7-11-21(20)24(16)23(27)18-12-13-28-15-18/h3-13,15-16,22H,14H2,1-2H3/t16-,22+/m0/s1. The second-order valence-corrected chi connectivity index (χ2v) is 7.07. The van der Waals surface area contributed by atoms with Gasteiger partial charge in [-0.1, -0.05) is 36.4 Å². The number of nitrogens with zero attached hydrogens (tertiary/aromatic N) is 2. The van der Waals surface area contributed by atoms with Gasteiger partial charge in [0, 0.05) is 24.3 Å². The van der Waals surface area contributed by atoms with Gasteiger partial charge in [0.2, 0.25) is 5.91 Å². The number of furan rings is 1. The highest BCUT2D eigenvalue weighted by molar-refractivity contribution is 6.07. The van der Waals surface area contributed by atoms with Crippen LogP contribution in [0.4, 0.5) is 11.4 Å². The predicted octanol–water partition coefficient (Wildman–Crippen LogP) is 4.81. The van der Waals surface area contributed by atoms with Gasteiger partial charge >= 0.3 is 0 Å². The van der Waals surface area contributed by atoms with Crippen molar-refractivity contribution in [3.05, 3.63) is 84.3 Å². The molecule has 5 heteroatoms. The average molecular weight is 374 g/mol. The second kappa shape index (κ2) is 7.35. The lowest BCUT2D eigenvalue weighted by atomic mass is 9.89. The third-order valence-electron chi connectivity index (χ3n) is 5.23. The topological polar surface area (TPSA) is 53.8 Å². The van der Waals surface area contributed by atoms with E-state index in [4.69, 9.17) is 4.42 Å². The minimum atomic E-state index is -0.139. The summed E-state index contributed by atoms with van der Waals surface area (Å²) < 4.78 is 5.10. The third-order valence-corrected chi connectivity index (χ3v) is 5.23. The molecule has 2 amide bonds. The van der Waals surface area contributed by atoms with Crippen LogP contribution in [-0.4, -0.2) is 17.9 Å². The van der Waals surface area contributed by atoms with Crippen molar-refractivity contribution in [3.8, 4) is 0 Å². The maximum absolute atomic E-state index is 13.1. The van der Waals surface area contributed by atoms with Crippen molar-refractivity contribution in [2.24, 2.45) is 0 Å². The lowest BCUT2D eigenvalue weighted by molar-refractivity contribution is -0.117. The number of carbonyl (C=O) groups excluding carboxylic acids is 2. The van der Waals surface area contributed by atoms with Gasteiger partial charge < -0.3 is 14.2 Å². The summed E-state index contributed by atoms with van der Waals surface area (Å²) in [5.74, 6) is -0.117. The fourth-order valence-electron chi connectivity index (χ4n) is 4.03. The van der Waals surface area contributed by atoms with Gasteiger partial charge in [0.25, 0.3) is 5.91 Å². The number of carbonyl (C=O) groups is 2. The van der Waals surface area contributed by atoms with Crippen molar-refractivity contribution in [2.75, 3.05) is 9.80 Å². The molecule has 0 N–H and O–H groups in total. The number of para-hydroxylation sites is 2. The van der Waals surface area contributed by atoms with E-state index >= 15 is 0 Å². The van der Waals surface area contributed by atoms with Crippen LogP contribution in [-0.2, 0) is 4.79 Å². The van der Waals surface area contributed by atoms with Crippen molar-refractivity contribution in [1.29, 1.82) is 0 Å². The van der Waals surface area contributed by atoms with Crippen LogP contribution in [0.3, 0.4) is 0 Å². The van der Waals surface area contributed by atoms with E-state index in [-0.39, 0.29) is 23.9 Å². The highest BCUT2D eigenvalue weighted by Crippen LogP contribution is 2.42. The first-order chi connectivity index (χ1) is 13.6. The fraction of sp³-hybridized carbons (Fsp3) is 0.217. The Morgan fingerprint density at radius 3 is 2.43 bits per heavy atom. The van der Waals surface area contributed by atoms with Crippen molar-refractivity contribution in [3.63, 3.8) is 0 Å². The Balaban J connectivity index is 1.79. The maximum atomic E-state index is 13.1. The minimum absolute atomic E-state index is 0.0205. The Morgan fingerprint density at radius 1 is 1.04 bits per heavy atom. The van der Waals surface area contributed by atoms with E-state index in [1.54, 1.807) is 17.9 Å². The number of hydrogen-bond acceptors (Lipinski definition) is 3. The van der Waals surface area contributed by atoms with Crippen molar-refractivity contribution >= 4 is 23.2 Å². The molecule has 2 aromatic carbocycles. The van der Waals surface area contributed by atoms with Gasteiger partial charge in [0.05, 0.1) is 17.9 Å². The summed E-state index contributed by atoms with van der Waals surface area (Å²) in [5, 5.41) is 0. The first kappa shape index (κ1) is 18.0. The van der Waals surface area contributed by atoms with Crippen LogP contribution in [0.5, 0.6) is 0 Å². The van der Waals surface area contributed by atoms with E-state index in [0.29, 0.717) is 12.0 Å². The lowest BCUT2D eigenvalue weighted by Crippen LogP contribution is -2.47. The third kappa shape index (κ3) is 3.09. The Bertz CT molecular complexity index is 982. The van der Waals surface area contributed by atoms with Gasteiger partial charge in [-0.25, -0.2) is 0 Å². The van der Waals surface area contributed by atoms with Crippen LogP contribution < -0.4 is 9.80 Å². The average Bonchev–Trinajstić information content (AvgIpc) is 3.23. The SMILES string of the molecule is CC(=O)N(c1ccccc1)[C@@H]1C[C@H](C)N(C(=O)c2ccoc2)c2ccccc21. The molecule has 0 radical (unpaired) electrons. The summed E-state index contributed by atoms with van der Waals surface area (Å²) in [5.41, 5.74) is 3.18. The van der Waals surface area contributed by atoms with Crippen molar-refractivity contribution < 1.29 is 14.0 Å². The lowest BCUT2D eigenvalue weighted by Gasteiger charge is -2.43. The van der Waals surface area contributed by atoms with Gasteiger partial charge in [0.1, 0.15) is 6.26 Å². The molecule has 0 fully saturated rings. The summed E-state index contributed by atoms with van der Waals surface area (Å²) in [6.45, 7) is 3.60. The summed E-state index contributed by atoms with van der Waals surface area (Å²) >= 11 is 0. The maximum Gasteiger partial charge on any atom is 0.261 e. The fourth-order valence-corrected chi connectivity index (χ4v) is 4.03. The molecule has 1 aliphatic heterocycles. The summed E-state index contributed by atoms with van der Waals surface area (Å²) in [4.78, 5) is 29.3. The second-order valence-electron chi connectivity index (χ2n) is 7.07. The molecule has 1 aromatic heterocycles. The van der Waals surface area contributed by atoms with E-state index in [1.165, 1.54) is 12.5 Å². The normalized spacial score (nSPS) is 18.4. The van der Waals surface area contributed by atoms with Crippen LogP contribution in [0.2, 0.25) is 0 Å². The predicted molar refractivity (Wildman–Crippen MR) is 108 cm³/mol. The highest BCUT2D eigenvalue weighted by Gasteiger charge is 2.38. The minimum Gasteiger partial charge on any atom is -0.472 e. The van der Waals surface area contributed by atoms with Crippen LogP contribution >= 0.6 is 0 Å². The number of anilines is 2. The van der Waals surface area contributed by atoms with Crippen LogP contribution in [0.15, 0.2) is 77.6 Å². The number of benzene rings is 2. The molecule has 28 heavy (non-hydrogen) atoms. The molecular formula is C23H22N2O3. The van der Waals surface area contributed by atoms with E-state index < -0.39 is 0 Å². The summed E-state index contributed by atoms with van der Waals surface area (Å²) in [7, 11) is 0. The first-order valence-electron chi connectivity index (χ1n) is 9.37. The van der Waals surface area contributed by atoms with E-state index in [2.05, 4.69) is 0 Å². The summed E-state index contributed by atoms with van der Waals surface area (Å²) in [6, 6.07) is 19.0. The smallest absolute Gasteiger partial charge is 0.261 e. The summed E-state index contributed by atoms with van der Waals surface area (Å²) in [6.07, 6.45) is 3.62. The highest BCUT2D eigenvalue weighted by atomic mass is 16.3. The molecule has 0 unspecified atom stereocenters. The number of amides is 2. The Labute approximate surface area is 164 Å². The zero-order valence-electron chi connectivity index (χ0n) is 15.9. The monoisotopic (exact) mass is 374 g/mol. The van der Waals surface area contributed by atoms with Gasteiger partial charge in [-0.15, -0.1) is 0 Å². The Morgan fingerprint density at radius 2 is 1.75 bits per heavy atom. The van der Waals surface area contributed by atoms with Gasteiger partial charge in [-0.2, -0.15) is 0 Å².